The van der Waals surface area contributed by atoms with E-state index in [0.29, 0.717) is 18.7 Å². The van der Waals surface area contributed by atoms with Crippen molar-refractivity contribution in [2.24, 2.45) is 4.99 Å². The van der Waals surface area contributed by atoms with E-state index in [-0.39, 0.29) is 11.7 Å². The number of carbonyl (C=O) groups excluding carboxylic acids is 1. The SMILES string of the molecule is CCNC(=NCc1ccc(O)cc1)NCCc1cccc(C(=O)N(C)C)c1. The van der Waals surface area contributed by atoms with Gasteiger partial charge >= 0.3 is 0 Å². The molecule has 1 amide bonds. The van der Waals surface area contributed by atoms with Crippen molar-refractivity contribution in [1.82, 2.24) is 15.5 Å². The zero-order chi connectivity index (χ0) is 19.6. The van der Waals surface area contributed by atoms with Gasteiger partial charge in [-0.25, -0.2) is 4.99 Å². The summed E-state index contributed by atoms with van der Waals surface area (Å²) in [6.07, 6.45) is 0.790. The Morgan fingerprint density at radius 1 is 1.07 bits per heavy atom. The van der Waals surface area contributed by atoms with Crippen LogP contribution in [0.5, 0.6) is 5.75 Å². The molecule has 6 nitrogen and oxygen atoms in total. The zero-order valence-electron chi connectivity index (χ0n) is 16.2. The minimum absolute atomic E-state index is 0.00797. The molecule has 0 bridgehead atoms. The monoisotopic (exact) mass is 368 g/mol. The van der Waals surface area contributed by atoms with Crippen LogP contribution in [-0.2, 0) is 13.0 Å². The molecule has 0 radical (unpaired) electrons. The van der Waals surface area contributed by atoms with Crippen LogP contribution in [0.4, 0.5) is 0 Å². The number of hydrogen-bond donors (Lipinski definition) is 3. The molecule has 0 aliphatic carbocycles. The molecule has 2 rings (SSSR count). The molecular formula is C21H28N4O2. The fraction of sp³-hybridized carbons (Fsp3) is 0.333. The van der Waals surface area contributed by atoms with Crippen LogP contribution in [0.1, 0.15) is 28.4 Å². The predicted octanol–water partition coefficient (Wildman–Crippen LogP) is 2.39. The number of rotatable bonds is 7. The normalized spacial score (nSPS) is 11.1. The quantitative estimate of drug-likeness (QED) is 0.518. The smallest absolute Gasteiger partial charge is 0.253 e. The van der Waals surface area contributed by atoms with Gasteiger partial charge < -0.3 is 20.6 Å². The first-order valence-electron chi connectivity index (χ1n) is 9.10. The topological polar surface area (TPSA) is 77.0 Å². The predicted molar refractivity (Wildman–Crippen MR) is 109 cm³/mol. The second-order valence-electron chi connectivity index (χ2n) is 6.44. The molecule has 0 unspecified atom stereocenters. The summed E-state index contributed by atoms with van der Waals surface area (Å²) in [5.74, 6) is 1.00. The Bertz CT molecular complexity index is 770. The minimum Gasteiger partial charge on any atom is -0.508 e. The lowest BCUT2D eigenvalue weighted by atomic mass is 10.1. The average Bonchev–Trinajstić information content (AvgIpc) is 2.67. The van der Waals surface area contributed by atoms with Crippen LogP contribution in [-0.4, -0.2) is 49.1 Å². The summed E-state index contributed by atoms with van der Waals surface area (Å²) in [6, 6.07) is 14.7. The van der Waals surface area contributed by atoms with Gasteiger partial charge in [-0.2, -0.15) is 0 Å². The molecule has 6 heteroatoms. The molecule has 0 fully saturated rings. The van der Waals surface area contributed by atoms with Crippen molar-refractivity contribution < 1.29 is 9.90 Å². The first-order chi connectivity index (χ1) is 13.0. The molecule has 0 atom stereocenters. The fourth-order valence-corrected chi connectivity index (χ4v) is 2.56. The molecule has 3 N–H and O–H groups in total. The van der Waals surface area contributed by atoms with Gasteiger partial charge in [0.05, 0.1) is 6.54 Å². The van der Waals surface area contributed by atoms with Crippen LogP contribution in [0.15, 0.2) is 53.5 Å². The Labute approximate surface area is 160 Å². The van der Waals surface area contributed by atoms with Gasteiger partial charge in [0.2, 0.25) is 0 Å². The largest absolute Gasteiger partial charge is 0.508 e. The average molecular weight is 368 g/mol. The lowest BCUT2D eigenvalue weighted by Gasteiger charge is -2.13. The Morgan fingerprint density at radius 3 is 2.48 bits per heavy atom. The summed E-state index contributed by atoms with van der Waals surface area (Å²) < 4.78 is 0. The van der Waals surface area contributed by atoms with Crippen molar-refractivity contribution in [2.75, 3.05) is 27.2 Å². The first kappa shape index (κ1) is 20.3. The van der Waals surface area contributed by atoms with Crippen LogP contribution >= 0.6 is 0 Å². The summed E-state index contributed by atoms with van der Waals surface area (Å²) >= 11 is 0. The van der Waals surface area contributed by atoms with E-state index in [1.165, 1.54) is 0 Å². The van der Waals surface area contributed by atoms with Gasteiger partial charge in [0.1, 0.15) is 5.75 Å². The van der Waals surface area contributed by atoms with Crippen LogP contribution in [0.25, 0.3) is 0 Å². The number of benzene rings is 2. The first-order valence-corrected chi connectivity index (χ1v) is 9.10. The summed E-state index contributed by atoms with van der Waals surface area (Å²) in [4.78, 5) is 18.2. The van der Waals surface area contributed by atoms with Crippen molar-refractivity contribution in [2.45, 2.75) is 19.9 Å². The maximum Gasteiger partial charge on any atom is 0.253 e. The summed E-state index contributed by atoms with van der Waals surface area (Å²) in [5.41, 5.74) is 2.83. The number of amides is 1. The molecule has 144 valence electrons. The Kier molecular flexibility index (Phi) is 7.67. The Morgan fingerprint density at radius 2 is 1.81 bits per heavy atom. The number of phenols is 1. The van der Waals surface area contributed by atoms with E-state index in [0.717, 1.165) is 30.1 Å². The third-order valence-electron chi connectivity index (χ3n) is 3.99. The van der Waals surface area contributed by atoms with Crippen molar-refractivity contribution in [3.63, 3.8) is 0 Å². The molecule has 2 aromatic rings. The van der Waals surface area contributed by atoms with Crippen molar-refractivity contribution in [3.05, 3.63) is 65.2 Å². The van der Waals surface area contributed by atoms with E-state index in [4.69, 9.17) is 0 Å². The highest BCUT2D eigenvalue weighted by Crippen LogP contribution is 2.10. The van der Waals surface area contributed by atoms with E-state index in [1.807, 2.05) is 43.3 Å². The van der Waals surface area contributed by atoms with Gasteiger partial charge in [-0.05, 0) is 48.7 Å². The molecule has 0 aliphatic heterocycles. The van der Waals surface area contributed by atoms with E-state index in [9.17, 15) is 9.90 Å². The summed E-state index contributed by atoms with van der Waals surface area (Å²) in [6.45, 7) is 4.03. The highest BCUT2D eigenvalue weighted by atomic mass is 16.3. The molecule has 0 saturated heterocycles. The molecule has 0 heterocycles. The van der Waals surface area contributed by atoms with Crippen LogP contribution in [0.2, 0.25) is 0 Å². The maximum absolute atomic E-state index is 12.1. The molecule has 0 aromatic heterocycles. The van der Waals surface area contributed by atoms with Crippen molar-refractivity contribution in [1.29, 1.82) is 0 Å². The molecule has 0 saturated carbocycles. The number of hydrogen-bond acceptors (Lipinski definition) is 3. The Hall–Kier alpha value is -3.02. The number of aliphatic imine (C=N–C) groups is 1. The van der Waals surface area contributed by atoms with Crippen molar-refractivity contribution >= 4 is 11.9 Å². The highest BCUT2D eigenvalue weighted by molar-refractivity contribution is 5.94. The van der Waals surface area contributed by atoms with E-state index >= 15 is 0 Å². The Balaban J connectivity index is 1.92. The van der Waals surface area contributed by atoms with Crippen LogP contribution in [0.3, 0.4) is 0 Å². The number of nitrogens with zero attached hydrogens (tertiary/aromatic N) is 2. The molecule has 0 spiro atoms. The number of carbonyl (C=O) groups is 1. The minimum atomic E-state index is 0.00797. The van der Waals surface area contributed by atoms with Gasteiger partial charge in [-0.3, -0.25) is 4.79 Å². The fourth-order valence-electron chi connectivity index (χ4n) is 2.56. The van der Waals surface area contributed by atoms with E-state index < -0.39 is 0 Å². The van der Waals surface area contributed by atoms with Gasteiger partial charge in [-0.1, -0.05) is 24.3 Å². The van der Waals surface area contributed by atoms with E-state index in [2.05, 4.69) is 15.6 Å². The maximum atomic E-state index is 12.1. The van der Waals surface area contributed by atoms with Crippen LogP contribution in [0, 0.1) is 0 Å². The second-order valence-corrected chi connectivity index (χ2v) is 6.44. The van der Waals surface area contributed by atoms with Crippen molar-refractivity contribution in [3.8, 4) is 5.75 Å². The highest BCUT2D eigenvalue weighted by Gasteiger charge is 2.08. The van der Waals surface area contributed by atoms with Crippen LogP contribution < -0.4 is 10.6 Å². The summed E-state index contributed by atoms with van der Waals surface area (Å²) in [7, 11) is 3.51. The van der Waals surface area contributed by atoms with Gasteiger partial charge in [-0.15, -0.1) is 0 Å². The number of phenolic OH excluding ortho intramolecular Hbond substituents is 1. The molecular weight excluding hydrogens is 340 g/mol. The third kappa shape index (κ3) is 6.66. The number of aromatic hydroxyl groups is 1. The lowest BCUT2D eigenvalue weighted by molar-refractivity contribution is 0.0827. The zero-order valence-corrected chi connectivity index (χ0v) is 16.2. The summed E-state index contributed by atoms with van der Waals surface area (Å²) in [5, 5.41) is 15.9. The molecule has 2 aromatic carbocycles. The molecule has 27 heavy (non-hydrogen) atoms. The van der Waals surface area contributed by atoms with Gasteiger partial charge in [0, 0.05) is 32.7 Å². The lowest BCUT2D eigenvalue weighted by Crippen LogP contribution is -2.38. The van der Waals surface area contributed by atoms with Gasteiger partial charge in [0.25, 0.3) is 5.91 Å². The van der Waals surface area contributed by atoms with E-state index in [1.54, 1.807) is 31.1 Å². The molecule has 0 aliphatic rings. The standard InChI is InChI=1S/C21H28N4O2/c1-4-22-21(24-15-17-8-10-19(26)11-9-17)23-13-12-16-6-5-7-18(14-16)20(27)25(2)3/h5-11,14,26H,4,12-13,15H2,1-3H3,(H2,22,23,24). The third-order valence-corrected chi connectivity index (χ3v) is 3.99. The number of nitrogens with one attached hydrogen (secondary N) is 2. The number of guanidine groups is 1. The van der Waals surface area contributed by atoms with Gasteiger partial charge in [0.15, 0.2) is 5.96 Å². The second kappa shape index (κ2) is 10.2.